The van der Waals surface area contributed by atoms with Crippen molar-refractivity contribution in [2.45, 2.75) is 45.1 Å². The molecule has 2 atom stereocenters. The molecule has 1 heterocycles. The van der Waals surface area contributed by atoms with Crippen LogP contribution in [0.25, 0.3) is 0 Å². The van der Waals surface area contributed by atoms with Gasteiger partial charge in [-0.2, -0.15) is 0 Å². The molecule has 0 unspecified atom stereocenters. The molecular weight excluding hydrogens is 302 g/mol. The Morgan fingerprint density at radius 3 is 2.74 bits per heavy atom. The molecule has 0 aromatic rings. The third-order valence-corrected chi connectivity index (χ3v) is 4.10. The Bertz CT molecular complexity index is 416. The Morgan fingerprint density at radius 2 is 2.13 bits per heavy atom. The first-order valence-electron chi connectivity index (χ1n) is 8.07. The van der Waals surface area contributed by atoms with E-state index in [4.69, 9.17) is 9.94 Å². The number of carbonyl (C=O) groups is 3. The molecule has 1 aliphatic rings. The molecule has 0 saturated carbocycles. The van der Waals surface area contributed by atoms with Crippen molar-refractivity contribution in [1.82, 2.24) is 15.7 Å². The Labute approximate surface area is 136 Å². The molecule has 0 spiro atoms. The van der Waals surface area contributed by atoms with E-state index in [0.717, 1.165) is 19.3 Å². The van der Waals surface area contributed by atoms with E-state index < -0.39 is 24.0 Å². The number of piperazine rings is 1. The molecule has 132 valence electrons. The number of amides is 2. The predicted octanol–water partition coefficient (Wildman–Crippen LogP) is 0.688. The Balaban J connectivity index is 2.81. The minimum atomic E-state index is -0.644. The molecule has 1 fully saturated rings. The summed E-state index contributed by atoms with van der Waals surface area (Å²) in [6.07, 6.45) is 2.74. The summed E-state index contributed by atoms with van der Waals surface area (Å²) < 4.78 is 4.74. The summed E-state index contributed by atoms with van der Waals surface area (Å²) in [6, 6.07) is -0.644. The van der Waals surface area contributed by atoms with Crippen LogP contribution in [-0.4, -0.2) is 60.7 Å². The molecule has 0 radical (unpaired) electrons. The monoisotopic (exact) mass is 329 g/mol. The van der Waals surface area contributed by atoms with Crippen molar-refractivity contribution in [2.24, 2.45) is 5.92 Å². The van der Waals surface area contributed by atoms with Crippen molar-refractivity contribution in [2.75, 3.05) is 26.7 Å². The summed E-state index contributed by atoms with van der Waals surface area (Å²) in [6.45, 7) is 3.38. The maximum atomic E-state index is 12.8. The zero-order chi connectivity index (χ0) is 17.2. The van der Waals surface area contributed by atoms with Gasteiger partial charge in [0.15, 0.2) is 5.78 Å². The predicted molar refractivity (Wildman–Crippen MR) is 83.0 cm³/mol. The summed E-state index contributed by atoms with van der Waals surface area (Å²) >= 11 is 0. The second-order valence-corrected chi connectivity index (χ2v) is 5.72. The number of hydroxylamine groups is 1. The molecule has 23 heavy (non-hydrogen) atoms. The van der Waals surface area contributed by atoms with Gasteiger partial charge >= 0.3 is 6.09 Å². The number of Topliss-reactive ketones (excluding diaryl/α,β-unsaturated/α-hetero) is 1. The molecule has 0 aliphatic carbocycles. The second kappa shape index (κ2) is 10.2. The molecular formula is C15H27N3O5. The highest BCUT2D eigenvalue weighted by molar-refractivity contribution is 5.92. The van der Waals surface area contributed by atoms with E-state index in [9.17, 15) is 14.4 Å². The zero-order valence-electron chi connectivity index (χ0n) is 13.8. The number of methoxy groups -OCH3 is 1. The molecule has 2 amide bonds. The van der Waals surface area contributed by atoms with Crippen LogP contribution in [0.4, 0.5) is 4.79 Å². The smallest absolute Gasteiger partial charge is 0.410 e. The zero-order valence-corrected chi connectivity index (χ0v) is 13.8. The van der Waals surface area contributed by atoms with Gasteiger partial charge in [-0.05, 0) is 6.42 Å². The topological polar surface area (TPSA) is 108 Å². The van der Waals surface area contributed by atoms with Crippen LogP contribution < -0.4 is 10.8 Å². The summed E-state index contributed by atoms with van der Waals surface area (Å²) in [5.74, 6) is -1.28. The molecule has 0 aromatic carbocycles. The fourth-order valence-corrected chi connectivity index (χ4v) is 2.82. The largest absolute Gasteiger partial charge is 0.453 e. The maximum absolute atomic E-state index is 12.8. The second-order valence-electron chi connectivity index (χ2n) is 5.72. The van der Waals surface area contributed by atoms with Crippen molar-refractivity contribution in [1.29, 1.82) is 0 Å². The number of rotatable bonds is 8. The molecule has 0 aromatic heterocycles. The fraction of sp³-hybridized carbons (Fsp3) is 0.800. The van der Waals surface area contributed by atoms with Gasteiger partial charge in [0.25, 0.3) is 0 Å². The van der Waals surface area contributed by atoms with E-state index in [1.165, 1.54) is 12.0 Å². The number of hydrogen-bond acceptors (Lipinski definition) is 6. The van der Waals surface area contributed by atoms with Gasteiger partial charge in [-0.15, -0.1) is 0 Å². The van der Waals surface area contributed by atoms with Gasteiger partial charge in [-0.3, -0.25) is 19.7 Å². The van der Waals surface area contributed by atoms with Gasteiger partial charge in [-0.25, -0.2) is 10.3 Å². The number of ketones is 1. The van der Waals surface area contributed by atoms with Crippen LogP contribution in [0, 0.1) is 5.92 Å². The Kier molecular flexibility index (Phi) is 8.57. The normalized spacial score (nSPS) is 19.1. The summed E-state index contributed by atoms with van der Waals surface area (Å²) in [7, 11) is 1.28. The quantitative estimate of drug-likeness (QED) is 0.343. The Hall–Kier alpha value is -1.67. The van der Waals surface area contributed by atoms with Gasteiger partial charge in [0.05, 0.1) is 7.11 Å². The van der Waals surface area contributed by atoms with Crippen LogP contribution in [0.15, 0.2) is 0 Å². The van der Waals surface area contributed by atoms with E-state index in [-0.39, 0.29) is 12.2 Å². The number of carbonyl (C=O) groups excluding carboxylic acids is 3. The van der Waals surface area contributed by atoms with E-state index in [0.29, 0.717) is 26.1 Å². The lowest BCUT2D eigenvalue weighted by Crippen LogP contribution is -2.58. The van der Waals surface area contributed by atoms with Crippen molar-refractivity contribution in [3.8, 4) is 0 Å². The molecule has 1 saturated heterocycles. The molecule has 1 aliphatic heterocycles. The number of ether oxygens (including phenoxy) is 1. The lowest BCUT2D eigenvalue weighted by Gasteiger charge is -2.35. The first-order valence-corrected chi connectivity index (χ1v) is 8.07. The van der Waals surface area contributed by atoms with Crippen LogP contribution in [0.3, 0.4) is 0 Å². The summed E-state index contributed by atoms with van der Waals surface area (Å²) in [5.41, 5.74) is 1.58. The van der Waals surface area contributed by atoms with Crippen molar-refractivity contribution in [3.63, 3.8) is 0 Å². The third-order valence-electron chi connectivity index (χ3n) is 4.10. The minimum Gasteiger partial charge on any atom is -0.453 e. The number of nitrogens with zero attached hydrogens (tertiary/aromatic N) is 1. The highest BCUT2D eigenvalue weighted by atomic mass is 16.5. The first kappa shape index (κ1) is 19.4. The van der Waals surface area contributed by atoms with E-state index >= 15 is 0 Å². The van der Waals surface area contributed by atoms with Crippen LogP contribution >= 0.6 is 0 Å². The van der Waals surface area contributed by atoms with Crippen molar-refractivity contribution in [3.05, 3.63) is 0 Å². The SMILES string of the molecule is CCCCC[C@H](CC(=O)NO)C(=O)[C@@H]1CNCCN1C(=O)OC. The fourth-order valence-electron chi connectivity index (χ4n) is 2.82. The van der Waals surface area contributed by atoms with Gasteiger partial charge in [0.2, 0.25) is 5.91 Å². The van der Waals surface area contributed by atoms with Crippen molar-refractivity contribution < 1.29 is 24.3 Å². The molecule has 8 nitrogen and oxygen atoms in total. The van der Waals surface area contributed by atoms with Gasteiger partial charge < -0.3 is 10.1 Å². The first-order chi connectivity index (χ1) is 11.0. The van der Waals surface area contributed by atoms with Gasteiger partial charge in [0.1, 0.15) is 6.04 Å². The standard InChI is InChI=1S/C15H27N3O5/c1-3-4-5-6-11(9-13(19)17-22)14(20)12-10-16-7-8-18(12)15(21)23-2/h11-12,16,22H,3-10H2,1-2H3,(H,17,19)/t11-,12+/m1/s1. The number of unbranched alkanes of at least 4 members (excludes halogenated alkanes) is 2. The third kappa shape index (κ3) is 5.80. The highest BCUT2D eigenvalue weighted by Crippen LogP contribution is 2.20. The molecule has 0 bridgehead atoms. The highest BCUT2D eigenvalue weighted by Gasteiger charge is 2.36. The number of hydrogen-bond donors (Lipinski definition) is 3. The minimum absolute atomic E-state index is 0.0788. The average molecular weight is 329 g/mol. The van der Waals surface area contributed by atoms with Gasteiger partial charge in [-0.1, -0.05) is 26.2 Å². The van der Waals surface area contributed by atoms with Crippen LogP contribution in [0.5, 0.6) is 0 Å². The van der Waals surface area contributed by atoms with Crippen LogP contribution in [0.1, 0.15) is 39.0 Å². The number of nitrogens with one attached hydrogen (secondary N) is 2. The maximum Gasteiger partial charge on any atom is 0.410 e. The van der Waals surface area contributed by atoms with Crippen LogP contribution in [0.2, 0.25) is 0 Å². The van der Waals surface area contributed by atoms with E-state index in [1.807, 2.05) is 0 Å². The van der Waals surface area contributed by atoms with Gasteiger partial charge in [0, 0.05) is 32.0 Å². The van der Waals surface area contributed by atoms with E-state index in [2.05, 4.69) is 12.2 Å². The molecule has 1 rings (SSSR count). The lowest BCUT2D eigenvalue weighted by molar-refractivity contribution is -0.136. The van der Waals surface area contributed by atoms with Crippen molar-refractivity contribution >= 4 is 17.8 Å². The summed E-state index contributed by atoms with van der Waals surface area (Å²) in [5, 5.41) is 11.8. The molecule has 8 heteroatoms. The summed E-state index contributed by atoms with van der Waals surface area (Å²) in [4.78, 5) is 37.6. The van der Waals surface area contributed by atoms with Crippen LogP contribution in [-0.2, 0) is 14.3 Å². The molecule has 3 N–H and O–H groups in total. The van der Waals surface area contributed by atoms with E-state index in [1.54, 1.807) is 5.48 Å². The lowest BCUT2D eigenvalue weighted by atomic mass is 9.88. The Morgan fingerprint density at radius 1 is 1.39 bits per heavy atom. The average Bonchev–Trinajstić information content (AvgIpc) is 2.59.